The SMILES string of the molecule is CON=C1C(c2ccccc2)=C(c2ccc(S(C)(=O)=O)cc2)C1(C)C. The molecule has 0 aromatic heterocycles. The predicted octanol–water partition coefficient (Wildman–Crippen LogP) is 4.04. The molecule has 5 heteroatoms. The third-order valence-electron chi connectivity index (χ3n) is 4.52. The highest BCUT2D eigenvalue weighted by Crippen LogP contribution is 2.53. The van der Waals surface area contributed by atoms with Crippen molar-refractivity contribution in [2.24, 2.45) is 10.6 Å². The Morgan fingerprint density at radius 1 is 0.920 bits per heavy atom. The van der Waals surface area contributed by atoms with E-state index < -0.39 is 9.84 Å². The second kappa shape index (κ2) is 6.15. The lowest BCUT2D eigenvalue weighted by Gasteiger charge is -2.42. The first kappa shape index (κ1) is 17.4. The zero-order chi connectivity index (χ0) is 18.2. The van der Waals surface area contributed by atoms with E-state index >= 15 is 0 Å². The van der Waals surface area contributed by atoms with Gasteiger partial charge in [-0.2, -0.15) is 0 Å². The van der Waals surface area contributed by atoms with Crippen molar-refractivity contribution in [2.75, 3.05) is 13.4 Å². The van der Waals surface area contributed by atoms with Gasteiger partial charge in [0.15, 0.2) is 9.84 Å². The maximum Gasteiger partial charge on any atom is 0.175 e. The fourth-order valence-corrected chi connectivity index (χ4v) is 3.94. The van der Waals surface area contributed by atoms with Crippen molar-refractivity contribution in [1.29, 1.82) is 0 Å². The molecule has 3 rings (SSSR count). The largest absolute Gasteiger partial charge is 0.399 e. The van der Waals surface area contributed by atoms with Gasteiger partial charge in [0.2, 0.25) is 0 Å². The molecule has 0 aliphatic heterocycles. The number of sulfone groups is 1. The van der Waals surface area contributed by atoms with Crippen LogP contribution >= 0.6 is 0 Å². The number of oxime groups is 1. The quantitative estimate of drug-likeness (QED) is 0.778. The van der Waals surface area contributed by atoms with Gasteiger partial charge in [0, 0.05) is 17.2 Å². The molecule has 1 aliphatic carbocycles. The van der Waals surface area contributed by atoms with Crippen molar-refractivity contribution in [2.45, 2.75) is 18.7 Å². The van der Waals surface area contributed by atoms with Crippen LogP contribution in [0.3, 0.4) is 0 Å². The maximum absolute atomic E-state index is 11.7. The fraction of sp³-hybridized carbons (Fsp3) is 0.250. The first-order chi connectivity index (χ1) is 11.8. The molecule has 0 saturated carbocycles. The molecule has 0 heterocycles. The first-order valence-corrected chi connectivity index (χ1v) is 9.88. The molecule has 1 aliphatic rings. The van der Waals surface area contributed by atoms with Gasteiger partial charge < -0.3 is 4.84 Å². The van der Waals surface area contributed by atoms with Crippen molar-refractivity contribution < 1.29 is 13.3 Å². The summed E-state index contributed by atoms with van der Waals surface area (Å²) in [6, 6.07) is 17.1. The van der Waals surface area contributed by atoms with Crippen LogP contribution < -0.4 is 0 Å². The third-order valence-corrected chi connectivity index (χ3v) is 5.65. The van der Waals surface area contributed by atoms with E-state index in [2.05, 4.69) is 19.0 Å². The van der Waals surface area contributed by atoms with Crippen LogP contribution in [0, 0.1) is 5.41 Å². The van der Waals surface area contributed by atoms with Crippen LogP contribution in [0.1, 0.15) is 25.0 Å². The summed E-state index contributed by atoms with van der Waals surface area (Å²) in [4.78, 5) is 5.38. The zero-order valence-electron chi connectivity index (χ0n) is 14.8. The number of hydrogen-bond donors (Lipinski definition) is 0. The van der Waals surface area contributed by atoms with E-state index in [9.17, 15) is 8.42 Å². The molecule has 4 nitrogen and oxygen atoms in total. The van der Waals surface area contributed by atoms with Crippen LogP contribution in [0.25, 0.3) is 11.1 Å². The molecule has 0 radical (unpaired) electrons. The van der Waals surface area contributed by atoms with Crippen molar-refractivity contribution in [3.63, 3.8) is 0 Å². The van der Waals surface area contributed by atoms with Gasteiger partial charge in [-0.1, -0.05) is 47.6 Å². The molecular weight excluding hydrogens is 334 g/mol. The van der Waals surface area contributed by atoms with E-state index in [1.165, 1.54) is 6.26 Å². The topological polar surface area (TPSA) is 55.7 Å². The number of hydrogen-bond acceptors (Lipinski definition) is 4. The standard InChI is InChI=1S/C20H21NO3S/c1-20(2)18(15-10-12-16(13-11-15)25(4,22)23)17(19(20)21-24-3)14-8-6-5-7-9-14/h5-13H,1-4H3. The predicted molar refractivity (Wildman–Crippen MR) is 101 cm³/mol. The molecule has 0 N–H and O–H groups in total. The minimum atomic E-state index is -3.21. The summed E-state index contributed by atoms with van der Waals surface area (Å²) >= 11 is 0. The maximum atomic E-state index is 11.7. The molecule has 0 unspecified atom stereocenters. The van der Waals surface area contributed by atoms with Crippen molar-refractivity contribution in [3.8, 4) is 0 Å². The fourth-order valence-electron chi connectivity index (χ4n) is 3.31. The van der Waals surface area contributed by atoms with E-state index in [1.807, 2.05) is 42.5 Å². The molecule has 0 saturated heterocycles. The highest BCUT2D eigenvalue weighted by molar-refractivity contribution is 7.90. The average Bonchev–Trinajstić information content (AvgIpc) is 2.57. The van der Waals surface area contributed by atoms with Crippen molar-refractivity contribution in [1.82, 2.24) is 0 Å². The minimum absolute atomic E-state index is 0.284. The lowest BCUT2D eigenvalue weighted by Crippen LogP contribution is -2.38. The molecule has 0 spiro atoms. The summed E-state index contributed by atoms with van der Waals surface area (Å²) in [5.74, 6) is 0. The van der Waals surface area contributed by atoms with E-state index in [-0.39, 0.29) is 5.41 Å². The van der Waals surface area contributed by atoms with Crippen LogP contribution in [0.4, 0.5) is 0 Å². The van der Waals surface area contributed by atoms with Crippen LogP contribution in [-0.2, 0) is 14.7 Å². The summed E-state index contributed by atoms with van der Waals surface area (Å²) in [5.41, 5.74) is 4.84. The average molecular weight is 355 g/mol. The highest BCUT2D eigenvalue weighted by Gasteiger charge is 2.45. The molecule has 0 fully saturated rings. The number of nitrogens with zero attached hydrogens (tertiary/aromatic N) is 1. The Bertz CT molecular complexity index is 954. The molecule has 0 amide bonds. The van der Waals surface area contributed by atoms with Crippen LogP contribution in [0.5, 0.6) is 0 Å². The van der Waals surface area contributed by atoms with Gasteiger partial charge in [0.25, 0.3) is 0 Å². The first-order valence-electron chi connectivity index (χ1n) is 7.99. The van der Waals surface area contributed by atoms with Gasteiger partial charge >= 0.3 is 0 Å². The molecule has 25 heavy (non-hydrogen) atoms. The Balaban J connectivity index is 2.19. The lowest BCUT2D eigenvalue weighted by molar-refractivity contribution is 0.210. The third kappa shape index (κ3) is 3.00. The lowest BCUT2D eigenvalue weighted by atomic mass is 9.60. The van der Waals surface area contributed by atoms with Gasteiger partial charge in [-0.05, 0) is 42.7 Å². The van der Waals surface area contributed by atoms with Gasteiger partial charge in [-0.25, -0.2) is 8.42 Å². The van der Waals surface area contributed by atoms with Crippen LogP contribution in [0.15, 0.2) is 64.6 Å². The Morgan fingerprint density at radius 3 is 2.04 bits per heavy atom. The molecule has 0 bridgehead atoms. The summed E-state index contributed by atoms with van der Waals surface area (Å²) in [6.45, 7) is 4.19. The smallest absolute Gasteiger partial charge is 0.175 e. The van der Waals surface area contributed by atoms with Crippen molar-refractivity contribution >= 4 is 26.7 Å². The summed E-state index contributed by atoms with van der Waals surface area (Å²) in [6.07, 6.45) is 1.22. The molecule has 2 aromatic carbocycles. The molecular formula is C20H21NO3S. The Morgan fingerprint density at radius 2 is 1.52 bits per heavy atom. The second-order valence-electron chi connectivity index (χ2n) is 6.66. The van der Waals surface area contributed by atoms with E-state index in [0.29, 0.717) is 4.90 Å². The number of benzene rings is 2. The van der Waals surface area contributed by atoms with Crippen LogP contribution in [-0.4, -0.2) is 27.5 Å². The minimum Gasteiger partial charge on any atom is -0.399 e. The second-order valence-corrected chi connectivity index (χ2v) is 8.68. The van der Waals surface area contributed by atoms with Gasteiger partial charge in [-0.3, -0.25) is 0 Å². The normalized spacial score (nSPS) is 18.2. The van der Waals surface area contributed by atoms with E-state index in [0.717, 1.165) is 28.0 Å². The number of allylic oxidation sites excluding steroid dienone is 2. The Kier molecular flexibility index (Phi) is 4.29. The van der Waals surface area contributed by atoms with E-state index in [1.54, 1.807) is 19.2 Å². The summed E-state index contributed by atoms with van der Waals surface area (Å²) in [7, 11) is -1.66. The molecule has 0 atom stereocenters. The molecule has 2 aromatic rings. The monoisotopic (exact) mass is 355 g/mol. The van der Waals surface area contributed by atoms with Gasteiger partial charge in [0.1, 0.15) is 7.11 Å². The van der Waals surface area contributed by atoms with Crippen molar-refractivity contribution in [3.05, 3.63) is 65.7 Å². The van der Waals surface area contributed by atoms with Crippen LogP contribution in [0.2, 0.25) is 0 Å². The van der Waals surface area contributed by atoms with Gasteiger partial charge in [0.05, 0.1) is 10.6 Å². The zero-order valence-corrected chi connectivity index (χ0v) is 15.6. The Labute approximate surface area is 148 Å². The summed E-state index contributed by atoms with van der Waals surface area (Å²) in [5, 5.41) is 4.24. The Hall–Kier alpha value is -2.40. The van der Waals surface area contributed by atoms with E-state index in [4.69, 9.17) is 4.84 Å². The van der Waals surface area contributed by atoms with Gasteiger partial charge in [-0.15, -0.1) is 0 Å². The molecule has 130 valence electrons. The number of rotatable bonds is 4. The summed E-state index contributed by atoms with van der Waals surface area (Å²) < 4.78 is 23.4. The highest BCUT2D eigenvalue weighted by atomic mass is 32.2.